The lowest BCUT2D eigenvalue weighted by atomic mass is 10.2. The lowest BCUT2D eigenvalue weighted by Crippen LogP contribution is -2.18. The number of halogens is 1. The van der Waals surface area contributed by atoms with Crippen LogP contribution in [-0.2, 0) is 0 Å². The first-order chi connectivity index (χ1) is 11.6. The molecule has 24 heavy (non-hydrogen) atoms. The molecule has 1 amide bonds. The first kappa shape index (κ1) is 15.7. The van der Waals surface area contributed by atoms with E-state index in [2.05, 4.69) is 10.5 Å². The van der Waals surface area contributed by atoms with Gasteiger partial charge < -0.3 is 9.47 Å². The number of hydrazone groups is 1. The molecule has 0 saturated heterocycles. The SMILES string of the molecule is CC(/C=C/c1ccc2c(c1)OCO2)=N\NC(=O)c1cccc(F)c1. The van der Waals surface area contributed by atoms with Crippen LogP contribution >= 0.6 is 0 Å². The van der Waals surface area contributed by atoms with Crippen molar-refractivity contribution in [2.24, 2.45) is 5.10 Å². The highest BCUT2D eigenvalue weighted by Crippen LogP contribution is 2.32. The van der Waals surface area contributed by atoms with E-state index in [-0.39, 0.29) is 12.4 Å². The normalized spacial score (nSPS) is 13.3. The Bertz CT molecular complexity index is 831. The van der Waals surface area contributed by atoms with Gasteiger partial charge in [-0.2, -0.15) is 5.10 Å². The number of hydrogen-bond donors (Lipinski definition) is 1. The van der Waals surface area contributed by atoms with Gasteiger partial charge in [-0.05, 0) is 48.9 Å². The lowest BCUT2D eigenvalue weighted by molar-refractivity contribution is 0.0954. The number of carbonyl (C=O) groups excluding carboxylic acids is 1. The molecule has 0 spiro atoms. The molecule has 5 nitrogen and oxygen atoms in total. The summed E-state index contributed by atoms with van der Waals surface area (Å²) in [5, 5.41) is 3.97. The average molecular weight is 326 g/mol. The summed E-state index contributed by atoms with van der Waals surface area (Å²) in [5.41, 5.74) is 4.12. The van der Waals surface area contributed by atoms with E-state index in [1.54, 1.807) is 13.0 Å². The van der Waals surface area contributed by atoms with E-state index >= 15 is 0 Å². The maximum atomic E-state index is 13.1. The highest BCUT2D eigenvalue weighted by atomic mass is 19.1. The Kier molecular flexibility index (Phi) is 4.56. The predicted octanol–water partition coefficient (Wildman–Crippen LogP) is 3.37. The maximum absolute atomic E-state index is 13.1. The van der Waals surface area contributed by atoms with Crippen LogP contribution in [0.4, 0.5) is 4.39 Å². The molecule has 2 aromatic carbocycles. The van der Waals surface area contributed by atoms with Gasteiger partial charge >= 0.3 is 0 Å². The van der Waals surface area contributed by atoms with Gasteiger partial charge in [0.25, 0.3) is 5.91 Å². The fourth-order valence-electron chi connectivity index (χ4n) is 2.10. The molecule has 0 aliphatic carbocycles. The van der Waals surface area contributed by atoms with Gasteiger partial charge in [0, 0.05) is 5.56 Å². The standard InChI is InChI=1S/C18H15FN2O3/c1-12(20-21-18(22)14-3-2-4-15(19)10-14)5-6-13-7-8-16-17(9-13)24-11-23-16/h2-10H,11H2,1H3,(H,21,22)/b6-5+,20-12+. The van der Waals surface area contributed by atoms with Crippen molar-refractivity contribution < 1.29 is 18.7 Å². The van der Waals surface area contributed by atoms with Crippen LogP contribution in [0.3, 0.4) is 0 Å². The second-order valence-electron chi connectivity index (χ2n) is 5.15. The number of rotatable bonds is 4. The molecule has 1 aliphatic heterocycles. The van der Waals surface area contributed by atoms with Gasteiger partial charge in [-0.15, -0.1) is 0 Å². The summed E-state index contributed by atoms with van der Waals surface area (Å²) in [6.07, 6.45) is 3.60. The summed E-state index contributed by atoms with van der Waals surface area (Å²) in [5.74, 6) is 0.488. The smallest absolute Gasteiger partial charge is 0.271 e. The molecule has 0 unspecified atom stereocenters. The molecule has 0 bridgehead atoms. The van der Waals surface area contributed by atoms with E-state index in [9.17, 15) is 9.18 Å². The summed E-state index contributed by atoms with van der Waals surface area (Å²) in [4.78, 5) is 11.9. The number of nitrogens with zero attached hydrogens (tertiary/aromatic N) is 1. The molecule has 1 N–H and O–H groups in total. The highest BCUT2D eigenvalue weighted by molar-refractivity contribution is 5.99. The molecule has 2 aromatic rings. The Morgan fingerprint density at radius 1 is 1.21 bits per heavy atom. The lowest BCUT2D eigenvalue weighted by Gasteiger charge is -2.01. The second-order valence-corrected chi connectivity index (χ2v) is 5.15. The number of allylic oxidation sites excluding steroid dienone is 1. The minimum absolute atomic E-state index is 0.214. The van der Waals surface area contributed by atoms with Crippen LogP contribution in [0, 0.1) is 5.82 Å². The van der Waals surface area contributed by atoms with Crippen molar-refractivity contribution in [1.29, 1.82) is 0 Å². The monoisotopic (exact) mass is 326 g/mol. The van der Waals surface area contributed by atoms with Crippen LogP contribution in [0.15, 0.2) is 53.6 Å². The molecule has 3 rings (SSSR count). The summed E-state index contributed by atoms with van der Waals surface area (Å²) in [6.45, 7) is 1.98. The molecule has 0 fully saturated rings. The van der Waals surface area contributed by atoms with Crippen LogP contribution in [-0.4, -0.2) is 18.4 Å². The van der Waals surface area contributed by atoms with Crippen LogP contribution in [0.25, 0.3) is 6.08 Å². The van der Waals surface area contributed by atoms with E-state index < -0.39 is 11.7 Å². The molecular formula is C18H15FN2O3. The third-order valence-electron chi connectivity index (χ3n) is 3.33. The quantitative estimate of drug-likeness (QED) is 0.692. The third-order valence-corrected chi connectivity index (χ3v) is 3.33. The van der Waals surface area contributed by atoms with Crippen molar-refractivity contribution in [2.75, 3.05) is 6.79 Å². The molecule has 0 aromatic heterocycles. The zero-order valence-electron chi connectivity index (χ0n) is 13.0. The number of hydrogen-bond acceptors (Lipinski definition) is 4. The molecule has 0 atom stereocenters. The number of nitrogens with one attached hydrogen (secondary N) is 1. The third kappa shape index (κ3) is 3.78. The van der Waals surface area contributed by atoms with Gasteiger partial charge in [0.15, 0.2) is 11.5 Å². The molecule has 1 aliphatic rings. The molecule has 1 heterocycles. The van der Waals surface area contributed by atoms with Gasteiger partial charge in [0.2, 0.25) is 6.79 Å². The zero-order chi connectivity index (χ0) is 16.9. The molecule has 6 heteroatoms. The number of carbonyl (C=O) groups is 1. The molecule has 122 valence electrons. The van der Waals surface area contributed by atoms with E-state index in [0.717, 1.165) is 17.4 Å². The van der Waals surface area contributed by atoms with E-state index in [1.807, 2.05) is 24.3 Å². The Hall–Kier alpha value is -3.15. The first-order valence-corrected chi connectivity index (χ1v) is 7.30. The Labute approximate surface area is 138 Å². The second kappa shape index (κ2) is 6.95. The highest BCUT2D eigenvalue weighted by Gasteiger charge is 2.12. The van der Waals surface area contributed by atoms with Crippen molar-refractivity contribution in [1.82, 2.24) is 5.43 Å². The minimum Gasteiger partial charge on any atom is -0.454 e. The van der Waals surface area contributed by atoms with Crippen molar-refractivity contribution in [3.63, 3.8) is 0 Å². The Balaban J connectivity index is 1.62. The summed E-state index contributed by atoms with van der Waals surface area (Å²) >= 11 is 0. The average Bonchev–Trinajstić information content (AvgIpc) is 3.05. The Morgan fingerprint density at radius 2 is 2.04 bits per heavy atom. The summed E-state index contributed by atoms with van der Waals surface area (Å²) in [7, 11) is 0. The van der Waals surface area contributed by atoms with E-state index in [1.165, 1.54) is 18.2 Å². The van der Waals surface area contributed by atoms with Crippen LogP contribution in [0.1, 0.15) is 22.8 Å². The van der Waals surface area contributed by atoms with Crippen LogP contribution in [0.5, 0.6) is 11.5 Å². The first-order valence-electron chi connectivity index (χ1n) is 7.30. The van der Waals surface area contributed by atoms with Gasteiger partial charge in [-0.3, -0.25) is 4.79 Å². The van der Waals surface area contributed by atoms with E-state index in [0.29, 0.717) is 11.5 Å². The van der Waals surface area contributed by atoms with Gasteiger partial charge in [-0.1, -0.05) is 18.2 Å². The number of ether oxygens (including phenoxy) is 2. The van der Waals surface area contributed by atoms with Crippen molar-refractivity contribution >= 4 is 17.7 Å². The van der Waals surface area contributed by atoms with Crippen molar-refractivity contribution in [3.05, 3.63) is 65.5 Å². The fraction of sp³-hybridized carbons (Fsp3) is 0.111. The number of benzene rings is 2. The van der Waals surface area contributed by atoms with Gasteiger partial charge in [0.05, 0.1) is 5.71 Å². The molecule has 0 saturated carbocycles. The van der Waals surface area contributed by atoms with Crippen LogP contribution < -0.4 is 14.9 Å². The van der Waals surface area contributed by atoms with Crippen molar-refractivity contribution in [3.8, 4) is 11.5 Å². The molecule has 0 radical (unpaired) electrons. The van der Waals surface area contributed by atoms with Crippen LogP contribution in [0.2, 0.25) is 0 Å². The minimum atomic E-state index is -0.467. The molecular weight excluding hydrogens is 311 g/mol. The van der Waals surface area contributed by atoms with E-state index in [4.69, 9.17) is 9.47 Å². The largest absolute Gasteiger partial charge is 0.454 e. The number of amides is 1. The Morgan fingerprint density at radius 3 is 2.88 bits per heavy atom. The fourth-order valence-corrected chi connectivity index (χ4v) is 2.10. The summed E-state index contributed by atoms with van der Waals surface area (Å²) in [6, 6.07) is 11.0. The van der Waals surface area contributed by atoms with Gasteiger partial charge in [-0.25, -0.2) is 9.82 Å². The van der Waals surface area contributed by atoms with Gasteiger partial charge in [0.1, 0.15) is 5.82 Å². The topological polar surface area (TPSA) is 59.9 Å². The van der Waals surface area contributed by atoms with Crippen molar-refractivity contribution in [2.45, 2.75) is 6.92 Å². The number of fused-ring (bicyclic) bond motifs is 1. The maximum Gasteiger partial charge on any atom is 0.271 e. The summed E-state index contributed by atoms with van der Waals surface area (Å²) < 4.78 is 23.6. The predicted molar refractivity (Wildman–Crippen MR) is 88.6 cm³/mol. The zero-order valence-corrected chi connectivity index (χ0v) is 13.0.